The topological polar surface area (TPSA) is 81.7 Å². The fourth-order valence-corrected chi connectivity index (χ4v) is 4.34. The first-order chi connectivity index (χ1) is 15.7. The van der Waals surface area contributed by atoms with Gasteiger partial charge in [-0.2, -0.15) is 0 Å². The molecule has 8 heteroatoms. The maximum absolute atomic E-state index is 13.2. The number of carbonyl (C=O) groups is 2. The maximum atomic E-state index is 13.2. The zero-order valence-electron chi connectivity index (χ0n) is 18.6. The predicted octanol–water partition coefficient (Wildman–Crippen LogP) is 4.05. The fraction of sp³-hybridized carbons (Fsp3) is 0.280. The van der Waals surface area contributed by atoms with Gasteiger partial charge in [-0.3, -0.25) is 9.59 Å². The van der Waals surface area contributed by atoms with Crippen molar-refractivity contribution in [2.45, 2.75) is 25.3 Å². The summed E-state index contributed by atoms with van der Waals surface area (Å²) in [5, 5.41) is 15.2. The molecule has 0 radical (unpaired) electrons. The highest BCUT2D eigenvalue weighted by Crippen LogP contribution is 2.26. The van der Waals surface area contributed by atoms with E-state index in [0.29, 0.717) is 5.69 Å². The number of thioether (sulfide) groups is 1. The van der Waals surface area contributed by atoms with Gasteiger partial charge >= 0.3 is 0 Å². The average Bonchev–Trinajstić information content (AvgIpc) is 2.95. The second kappa shape index (κ2) is 11.4. The van der Waals surface area contributed by atoms with Crippen molar-refractivity contribution in [2.75, 3.05) is 25.5 Å². The van der Waals surface area contributed by atoms with Crippen molar-refractivity contribution in [2.24, 2.45) is 0 Å². The fourth-order valence-electron chi connectivity index (χ4n) is 3.64. The van der Waals surface area contributed by atoms with E-state index in [2.05, 4.69) is 41.8 Å². The zero-order valence-corrected chi connectivity index (χ0v) is 20.1. The Bertz CT molecular complexity index is 1060. The minimum atomic E-state index is -0.854. The van der Waals surface area contributed by atoms with E-state index in [-0.39, 0.29) is 27.3 Å². The number of nitrogens with zero attached hydrogens (tertiary/aromatic N) is 1. The van der Waals surface area contributed by atoms with Gasteiger partial charge < -0.3 is 20.6 Å². The average molecular weight is 486 g/mol. The molecule has 6 nitrogen and oxygen atoms in total. The lowest BCUT2D eigenvalue weighted by Gasteiger charge is -2.20. The summed E-state index contributed by atoms with van der Waals surface area (Å²) in [4.78, 5) is 28.2. The first-order valence-corrected chi connectivity index (χ1v) is 11.8. The molecule has 2 aromatic rings. The Kier molecular flexibility index (Phi) is 8.61. The molecule has 0 unspecified atom stereocenters. The number of nitrogens with one attached hydrogen (secondary N) is 2. The Morgan fingerprint density at radius 2 is 1.79 bits per heavy atom. The number of amides is 2. The van der Waals surface area contributed by atoms with Crippen LogP contribution in [0.15, 0.2) is 64.9 Å². The van der Waals surface area contributed by atoms with E-state index in [4.69, 9.17) is 11.6 Å². The summed E-state index contributed by atoms with van der Waals surface area (Å²) in [6.45, 7) is 9.24. The molecule has 2 aromatic carbocycles. The van der Waals surface area contributed by atoms with E-state index in [1.807, 2.05) is 12.1 Å². The van der Waals surface area contributed by atoms with Crippen LogP contribution in [0.3, 0.4) is 0 Å². The summed E-state index contributed by atoms with van der Waals surface area (Å²) in [5.41, 5.74) is 4.00. The van der Waals surface area contributed by atoms with Gasteiger partial charge in [0.15, 0.2) is 0 Å². The molecule has 33 heavy (non-hydrogen) atoms. The van der Waals surface area contributed by atoms with Gasteiger partial charge in [-0.15, -0.1) is 0 Å². The number of hydrogen-bond acceptors (Lipinski definition) is 5. The zero-order chi connectivity index (χ0) is 24.0. The van der Waals surface area contributed by atoms with Crippen LogP contribution in [0.1, 0.15) is 16.7 Å². The summed E-state index contributed by atoms with van der Waals surface area (Å²) in [6, 6.07) is 11.6. The molecule has 0 bridgehead atoms. The van der Waals surface area contributed by atoms with E-state index in [9.17, 15) is 14.7 Å². The lowest BCUT2D eigenvalue weighted by Crippen LogP contribution is -2.45. The van der Waals surface area contributed by atoms with Gasteiger partial charge in [-0.25, -0.2) is 0 Å². The van der Waals surface area contributed by atoms with Crippen LogP contribution in [0.4, 0.5) is 5.69 Å². The third kappa shape index (κ3) is 7.39. The molecule has 174 valence electrons. The van der Waals surface area contributed by atoms with E-state index < -0.39 is 11.9 Å². The number of halogens is 1. The largest absolute Gasteiger partial charge is 0.508 e. The molecule has 0 spiro atoms. The summed E-state index contributed by atoms with van der Waals surface area (Å²) in [7, 11) is 2.11. The quantitative estimate of drug-likeness (QED) is 0.491. The highest BCUT2D eigenvalue weighted by atomic mass is 35.5. The van der Waals surface area contributed by atoms with Gasteiger partial charge in [0.2, 0.25) is 5.91 Å². The number of carbonyl (C=O) groups excluding carboxylic acids is 2. The Hall–Kier alpha value is -2.74. The highest BCUT2D eigenvalue weighted by Gasteiger charge is 2.23. The van der Waals surface area contributed by atoms with Crippen LogP contribution >= 0.6 is 23.4 Å². The molecule has 0 saturated heterocycles. The normalized spacial score (nSPS) is 14.5. The van der Waals surface area contributed by atoms with Crippen molar-refractivity contribution in [1.82, 2.24) is 10.2 Å². The summed E-state index contributed by atoms with van der Waals surface area (Å²) >= 11 is 6.71. The van der Waals surface area contributed by atoms with Crippen molar-refractivity contribution in [1.29, 1.82) is 0 Å². The van der Waals surface area contributed by atoms with Gasteiger partial charge in [0.05, 0.1) is 9.27 Å². The molecule has 2 amide bonds. The first-order valence-electron chi connectivity index (χ1n) is 10.6. The Balaban J connectivity index is 1.76. The molecular weight excluding hydrogens is 458 g/mol. The molecule has 3 rings (SSSR count). The van der Waals surface area contributed by atoms with Gasteiger partial charge in [-0.1, -0.05) is 54.7 Å². The second-order valence-electron chi connectivity index (χ2n) is 8.05. The van der Waals surface area contributed by atoms with Crippen LogP contribution in [-0.2, 0) is 28.9 Å². The van der Waals surface area contributed by atoms with E-state index in [0.717, 1.165) is 43.3 Å². The Morgan fingerprint density at radius 1 is 1.12 bits per heavy atom. The lowest BCUT2D eigenvalue weighted by molar-refractivity contribution is -0.123. The summed E-state index contributed by atoms with van der Waals surface area (Å²) < 4.78 is 0.213. The second-order valence-corrected chi connectivity index (χ2v) is 9.92. The molecular formula is C25H28ClN3O3S. The number of phenols is 1. The number of aromatic hydroxyl groups is 1. The molecule has 0 aliphatic carbocycles. The minimum Gasteiger partial charge on any atom is -0.508 e. The molecule has 1 aliphatic rings. The molecule has 0 saturated carbocycles. The smallest absolute Gasteiger partial charge is 0.258 e. The Labute approximate surface area is 203 Å². The van der Waals surface area contributed by atoms with Crippen molar-refractivity contribution in [3.8, 4) is 5.75 Å². The number of likely N-dealkylation sites (N-methyl/N-ethyl adjacent to an activating group) is 1. The van der Waals surface area contributed by atoms with Crippen LogP contribution in [0.2, 0.25) is 0 Å². The summed E-state index contributed by atoms with van der Waals surface area (Å²) in [6.07, 6.45) is 2.14. The van der Waals surface area contributed by atoms with Crippen LogP contribution in [-0.4, -0.2) is 48.0 Å². The molecule has 1 atom stereocenters. The monoisotopic (exact) mass is 485 g/mol. The van der Waals surface area contributed by atoms with Gasteiger partial charge in [0.25, 0.3) is 5.91 Å². The van der Waals surface area contributed by atoms with Crippen molar-refractivity contribution in [3.05, 3.63) is 81.6 Å². The Morgan fingerprint density at radius 3 is 2.45 bits per heavy atom. The van der Waals surface area contributed by atoms with Crippen molar-refractivity contribution >= 4 is 40.9 Å². The molecule has 0 aromatic heterocycles. The van der Waals surface area contributed by atoms with E-state index in [1.165, 1.54) is 11.1 Å². The first kappa shape index (κ1) is 24.9. The maximum Gasteiger partial charge on any atom is 0.258 e. The number of benzene rings is 2. The number of fused-ring (bicyclic) bond motifs is 1. The van der Waals surface area contributed by atoms with Crippen LogP contribution in [0.25, 0.3) is 0 Å². The van der Waals surface area contributed by atoms with Crippen LogP contribution < -0.4 is 10.6 Å². The number of anilines is 1. The predicted molar refractivity (Wildman–Crippen MR) is 135 cm³/mol. The van der Waals surface area contributed by atoms with Gasteiger partial charge in [0, 0.05) is 25.2 Å². The number of hydrogen-bond donors (Lipinski definition) is 3. The third-order valence-corrected chi connectivity index (χ3v) is 6.37. The lowest BCUT2D eigenvalue weighted by atomic mass is 10.0. The van der Waals surface area contributed by atoms with Crippen LogP contribution in [0, 0.1) is 0 Å². The molecule has 1 aliphatic heterocycles. The van der Waals surface area contributed by atoms with E-state index >= 15 is 0 Å². The SMILES string of the molecule is C=C(Cl)SC(=C)C(=O)N[C@H](Cc1ccc(O)cc1)C(=O)Nc1ccc2c(c1)CCN(C)CC2. The standard InChI is InChI=1S/C25H28ClN3O3S/c1-16(33-17(2)26)24(31)28-23(14-18-4-8-22(30)9-5-18)25(32)27-21-7-6-19-10-12-29(3)13-11-20(19)15-21/h4-9,15,23,30H,1-2,10-14H2,3H3,(H,27,32)(H,28,31)/t23-/m1/s1. The number of phenolic OH excluding ortho intramolecular Hbond substituents is 1. The summed E-state index contributed by atoms with van der Waals surface area (Å²) in [5.74, 6) is -0.708. The highest BCUT2D eigenvalue weighted by molar-refractivity contribution is 8.08. The van der Waals surface area contributed by atoms with Crippen molar-refractivity contribution < 1.29 is 14.7 Å². The molecule has 1 heterocycles. The third-order valence-electron chi connectivity index (χ3n) is 5.48. The van der Waals surface area contributed by atoms with Crippen molar-refractivity contribution in [3.63, 3.8) is 0 Å². The minimum absolute atomic E-state index is 0.129. The number of rotatable bonds is 8. The van der Waals surface area contributed by atoms with Crippen LogP contribution in [0.5, 0.6) is 5.75 Å². The molecule has 3 N–H and O–H groups in total. The van der Waals surface area contributed by atoms with Gasteiger partial charge in [-0.05, 0) is 60.8 Å². The van der Waals surface area contributed by atoms with E-state index in [1.54, 1.807) is 24.3 Å². The molecule has 0 fully saturated rings. The van der Waals surface area contributed by atoms with Gasteiger partial charge in [0.1, 0.15) is 11.8 Å².